The van der Waals surface area contributed by atoms with Crippen molar-refractivity contribution < 1.29 is 14.3 Å². The molecule has 102 valence electrons. The molecule has 0 saturated heterocycles. The summed E-state index contributed by atoms with van der Waals surface area (Å²) in [5.41, 5.74) is 0.768. The number of hydrogen-bond acceptors (Lipinski definition) is 3. The standard InChI is InChI=1S/C16H20O3/c1-2-19-16(18)13-9-4-3-8-12-15(17)14-10-6-5-7-11-14/h5-7,9-11,13H,2-4,8,12H2,1H3/b13-9+. The molecule has 0 radical (unpaired) electrons. The number of benzene rings is 1. The molecule has 1 aromatic carbocycles. The van der Waals surface area contributed by atoms with Gasteiger partial charge in [-0.3, -0.25) is 4.79 Å². The second-order valence-corrected chi connectivity index (χ2v) is 4.19. The van der Waals surface area contributed by atoms with Gasteiger partial charge < -0.3 is 4.74 Å². The van der Waals surface area contributed by atoms with E-state index in [4.69, 9.17) is 4.74 Å². The Balaban J connectivity index is 2.14. The molecule has 0 fully saturated rings. The number of carbonyl (C=O) groups is 2. The summed E-state index contributed by atoms with van der Waals surface area (Å²) >= 11 is 0. The minimum atomic E-state index is -0.303. The lowest BCUT2D eigenvalue weighted by molar-refractivity contribution is -0.137. The van der Waals surface area contributed by atoms with Crippen LogP contribution in [0.5, 0.6) is 0 Å². The van der Waals surface area contributed by atoms with Crippen molar-refractivity contribution in [3.05, 3.63) is 48.0 Å². The van der Waals surface area contributed by atoms with Crippen LogP contribution in [-0.2, 0) is 9.53 Å². The summed E-state index contributed by atoms with van der Waals surface area (Å²) in [6.07, 6.45) is 6.32. The van der Waals surface area contributed by atoms with Crippen molar-refractivity contribution in [1.82, 2.24) is 0 Å². The molecule has 0 aliphatic heterocycles. The van der Waals surface area contributed by atoms with Crippen molar-refractivity contribution >= 4 is 11.8 Å². The summed E-state index contributed by atoms with van der Waals surface area (Å²) < 4.78 is 4.76. The van der Waals surface area contributed by atoms with Crippen LogP contribution < -0.4 is 0 Å². The molecule has 1 rings (SSSR count). The molecule has 1 aromatic rings. The predicted molar refractivity (Wildman–Crippen MR) is 75.0 cm³/mol. The highest BCUT2D eigenvalue weighted by Crippen LogP contribution is 2.08. The SMILES string of the molecule is CCOC(=O)/C=C/CCCCC(=O)c1ccccc1. The Bertz CT molecular complexity index is 421. The fourth-order valence-electron chi connectivity index (χ4n) is 1.69. The summed E-state index contributed by atoms with van der Waals surface area (Å²) in [6, 6.07) is 9.31. The fraction of sp³-hybridized carbons (Fsp3) is 0.375. The Morgan fingerprint density at radius 1 is 1.16 bits per heavy atom. The second-order valence-electron chi connectivity index (χ2n) is 4.19. The van der Waals surface area contributed by atoms with Crippen LogP contribution in [0.2, 0.25) is 0 Å². The molecule has 0 aliphatic carbocycles. The highest BCUT2D eigenvalue weighted by atomic mass is 16.5. The summed E-state index contributed by atoms with van der Waals surface area (Å²) in [5.74, 6) is -0.127. The third-order valence-corrected chi connectivity index (χ3v) is 2.66. The minimum Gasteiger partial charge on any atom is -0.463 e. The van der Waals surface area contributed by atoms with E-state index in [2.05, 4.69) is 0 Å². The molecule has 0 aromatic heterocycles. The van der Waals surface area contributed by atoms with E-state index in [0.29, 0.717) is 13.0 Å². The van der Waals surface area contributed by atoms with Crippen molar-refractivity contribution in [3.63, 3.8) is 0 Å². The molecule has 19 heavy (non-hydrogen) atoms. The number of Topliss-reactive ketones (excluding diaryl/α,β-unsaturated/α-hetero) is 1. The molecule has 0 saturated carbocycles. The first-order valence-electron chi connectivity index (χ1n) is 6.65. The van der Waals surface area contributed by atoms with Gasteiger partial charge in [0, 0.05) is 18.1 Å². The van der Waals surface area contributed by atoms with E-state index in [1.165, 1.54) is 6.08 Å². The van der Waals surface area contributed by atoms with Gasteiger partial charge >= 0.3 is 5.97 Å². The lowest BCUT2D eigenvalue weighted by atomic mass is 10.0. The number of rotatable bonds is 8. The van der Waals surface area contributed by atoms with Crippen LogP contribution in [0.15, 0.2) is 42.5 Å². The van der Waals surface area contributed by atoms with Gasteiger partial charge in [-0.25, -0.2) is 4.79 Å². The van der Waals surface area contributed by atoms with Crippen molar-refractivity contribution in [3.8, 4) is 0 Å². The molecule has 0 aliphatic rings. The molecule has 3 nitrogen and oxygen atoms in total. The maximum atomic E-state index is 11.8. The lowest BCUT2D eigenvalue weighted by Crippen LogP contribution is -1.99. The van der Waals surface area contributed by atoms with Crippen molar-refractivity contribution in [2.75, 3.05) is 6.61 Å². The molecule has 0 bridgehead atoms. The van der Waals surface area contributed by atoms with Crippen LogP contribution in [0.1, 0.15) is 43.0 Å². The summed E-state index contributed by atoms with van der Waals surface area (Å²) in [7, 11) is 0. The van der Waals surface area contributed by atoms with Crippen molar-refractivity contribution in [2.45, 2.75) is 32.6 Å². The maximum Gasteiger partial charge on any atom is 0.330 e. The number of allylic oxidation sites excluding steroid dienone is 1. The third-order valence-electron chi connectivity index (χ3n) is 2.66. The van der Waals surface area contributed by atoms with E-state index in [0.717, 1.165) is 24.8 Å². The first kappa shape index (κ1) is 15.2. The van der Waals surface area contributed by atoms with E-state index in [1.807, 2.05) is 30.3 Å². The molecule has 0 heterocycles. The zero-order valence-electron chi connectivity index (χ0n) is 11.3. The van der Waals surface area contributed by atoms with Crippen LogP contribution in [0.25, 0.3) is 0 Å². The van der Waals surface area contributed by atoms with Gasteiger partial charge in [-0.05, 0) is 26.2 Å². The second kappa shape index (κ2) is 9.09. The van der Waals surface area contributed by atoms with Gasteiger partial charge in [0.05, 0.1) is 6.61 Å². The average molecular weight is 260 g/mol. The van der Waals surface area contributed by atoms with Crippen LogP contribution in [0, 0.1) is 0 Å². The Morgan fingerprint density at radius 2 is 1.89 bits per heavy atom. The molecular weight excluding hydrogens is 240 g/mol. The number of unbranched alkanes of at least 4 members (excludes halogenated alkanes) is 2. The number of carbonyl (C=O) groups excluding carboxylic acids is 2. The zero-order chi connectivity index (χ0) is 13.9. The summed E-state index contributed by atoms with van der Waals surface area (Å²) in [6.45, 7) is 2.18. The minimum absolute atomic E-state index is 0.176. The number of hydrogen-bond donors (Lipinski definition) is 0. The van der Waals surface area contributed by atoms with Crippen LogP contribution >= 0.6 is 0 Å². The summed E-state index contributed by atoms with van der Waals surface area (Å²) in [4.78, 5) is 22.8. The molecule has 0 amide bonds. The number of ether oxygens (including phenoxy) is 1. The largest absolute Gasteiger partial charge is 0.463 e. The van der Waals surface area contributed by atoms with E-state index < -0.39 is 0 Å². The Morgan fingerprint density at radius 3 is 2.58 bits per heavy atom. The smallest absolute Gasteiger partial charge is 0.330 e. The van der Waals surface area contributed by atoms with Crippen molar-refractivity contribution in [2.24, 2.45) is 0 Å². The van der Waals surface area contributed by atoms with Crippen LogP contribution in [0.3, 0.4) is 0 Å². The highest BCUT2D eigenvalue weighted by Gasteiger charge is 2.03. The van der Waals surface area contributed by atoms with Gasteiger partial charge in [0.15, 0.2) is 5.78 Å². The van der Waals surface area contributed by atoms with Gasteiger partial charge in [0.25, 0.3) is 0 Å². The van der Waals surface area contributed by atoms with Gasteiger partial charge in [0.2, 0.25) is 0 Å². The first-order valence-corrected chi connectivity index (χ1v) is 6.65. The Kier molecular flexibility index (Phi) is 7.25. The molecule has 3 heteroatoms. The normalized spacial score (nSPS) is 10.6. The van der Waals surface area contributed by atoms with E-state index in [-0.39, 0.29) is 11.8 Å². The van der Waals surface area contributed by atoms with Gasteiger partial charge in [-0.15, -0.1) is 0 Å². The van der Waals surface area contributed by atoms with Gasteiger partial charge in [-0.1, -0.05) is 36.4 Å². The molecule has 0 atom stereocenters. The van der Waals surface area contributed by atoms with Gasteiger partial charge in [0.1, 0.15) is 0 Å². The van der Waals surface area contributed by atoms with E-state index >= 15 is 0 Å². The van der Waals surface area contributed by atoms with Crippen LogP contribution in [0.4, 0.5) is 0 Å². The Labute approximate surface area is 114 Å². The first-order chi connectivity index (χ1) is 9.24. The zero-order valence-corrected chi connectivity index (χ0v) is 11.3. The van der Waals surface area contributed by atoms with Crippen molar-refractivity contribution in [1.29, 1.82) is 0 Å². The van der Waals surface area contributed by atoms with E-state index in [1.54, 1.807) is 13.0 Å². The number of ketones is 1. The third kappa shape index (κ3) is 6.55. The fourth-order valence-corrected chi connectivity index (χ4v) is 1.69. The average Bonchev–Trinajstić information content (AvgIpc) is 2.43. The topological polar surface area (TPSA) is 43.4 Å². The van der Waals surface area contributed by atoms with Crippen LogP contribution in [-0.4, -0.2) is 18.4 Å². The molecular formula is C16H20O3. The Hall–Kier alpha value is -1.90. The van der Waals surface area contributed by atoms with E-state index in [9.17, 15) is 9.59 Å². The number of esters is 1. The molecule has 0 spiro atoms. The highest BCUT2D eigenvalue weighted by molar-refractivity contribution is 5.95. The summed E-state index contributed by atoms with van der Waals surface area (Å²) in [5, 5.41) is 0. The quantitative estimate of drug-likeness (QED) is 0.311. The lowest BCUT2D eigenvalue weighted by Gasteiger charge is -2.00. The maximum absolute atomic E-state index is 11.8. The van der Waals surface area contributed by atoms with Gasteiger partial charge in [-0.2, -0.15) is 0 Å². The monoisotopic (exact) mass is 260 g/mol. The molecule has 0 N–H and O–H groups in total. The molecule has 0 unspecified atom stereocenters. The predicted octanol–water partition coefficient (Wildman–Crippen LogP) is 3.55.